The summed E-state index contributed by atoms with van der Waals surface area (Å²) < 4.78 is 58.0. The van der Waals surface area contributed by atoms with Crippen molar-refractivity contribution in [3.63, 3.8) is 0 Å². The number of piperidine rings is 1. The Hall–Kier alpha value is -0.870. The molecular formula is C15H16Cl2F3NO4S. The van der Waals surface area contributed by atoms with Crippen LogP contribution in [0.4, 0.5) is 13.2 Å². The van der Waals surface area contributed by atoms with Crippen molar-refractivity contribution in [3.05, 3.63) is 27.7 Å². The molecule has 2 rings (SSSR count). The van der Waals surface area contributed by atoms with Crippen LogP contribution in [-0.4, -0.2) is 45.4 Å². The summed E-state index contributed by atoms with van der Waals surface area (Å²) in [6, 6.07) is 1.04. The molecule has 0 spiro atoms. The van der Waals surface area contributed by atoms with Gasteiger partial charge < -0.3 is 9.84 Å². The highest BCUT2D eigenvalue weighted by Gasteiger charge is 2.35. The molecule has 0 aromatic heterocycles. The molecule has 1 aliphatic rings. The number of halogens is 5. The first-order chi connectivity index (χ1) is 12.1. The van der Waals surface area contributed by atoms with Crippen LogP contribution in [0.2, 0.25) is 10.0 Å². The van der Waals surface area contributed by atoms with Crippen molar-refractivity contribution in [3.8, 4) is 0 Å². The van der Waals surface area contributed by atoms with E-state index in [4.69, 9.17) is 33.0 Å². The van der Waals surface area contributed by atoms with Gasteiger partial charge in [-0.15, -0.1) is 0 Å². The molecule has 0 radical (unpaired) electrons. The fourth-order valence-electron chi connectivity index (χ4n) is 2.65. The van der Waals surface area contributed by atoms with Gasteiger partial charge >= 0.3 is 12.1 Å². The molecular weight excluding hydrogens is 418 g/mol. The van der Waals surface area contributed by atoms with E-state index >= 15 is 0 Å². The number of ether oxygens (including phenoxy) is 1. The smallest absolute Gasteiger partial charge is 0.416 e. The molecule has 1 aromatic carbocycles. The summed E-state index contributed by atoms with van der Waals surface area (Å²) in [5.74, 6) is -1.12. The fraction of sp³-hybridized carbons (Fsp3) is 0.533. The van der Waals surface area contributed by atoms with E-state index in [1.807, 2.05) is 0 Å². The van der Waals surface area contributed by atoms with Gasteiger partial charge in [0.25, 0.3) is 0 Å². The zero-order valence-electron chi connectivity index (χ0n) is 13.4. The molecule has 1 heterocycles. The van der Waals surface area contributed by atoms with E-state index in [1.165, 1.54) is 4.31 Å². The van der Waals surface area contributed by atoms with E-state index in [0.717, 1.165) is 12.8 Å². The quantitative estimate of drug-likeness (QED) is 0.736. The molecule has 11 heteroatoms. The summed E-state index contributed by atoms with van der Waals surface area (Å²) in [5.41, 5.74) is -1.02. The summed E-state index contributed by atoms with van der Waals surface area (Å²) in [7, 11) is -1.90. The Labute approximate surface area is 160 Å². The minimum atomic E-state index is -4.62. The third kappa shape index (κ3) is 5.32. The number of hydrogen-bond acceptors (Lipinski definition) is 3. The maximum absolute atomic E-state index is 12.9. The van der Waals surface area contributed by atoms with Crippen molar-refractivity contribution < 1.29 is 32.0 Å². The van der Waals surface area contributed by atoms with Crippen molar-refractivity contribution in [2.24, 2.45) is 0 Å². The van der Waals surface area contributed by atoms with Gasteiger partial charge in [-0.1, -0.05) is 29.6 Å². The van der Waals surface area contributed by atoms with Gasteiger partial charge in [-0.3, -0.25) is 0 Å². The Morgan fingerprint density at radius 1 is 1.31 bits per heavy atom. The van der Waals surface area contributed by atoms with Crippen molar-refractivity contribution in [1.82, 2.24) is 4.31 Å². The lowest BCUT2D eigenvalue weighted by atomic mass is 10.1. The van der Waals surface area contributed by atoms with Crippen LogP contribution >= 0.6 is 23.2 Å². The molecule has 0 aliphatic carbocycles. The van der Waals surface area contributed by atoms with Crippen molar-refractivity contribution in [2.45, 2.75) is 36.4 Å². The van der Waals surface area contributed by atoms with Crippen LogP contribution < -0.4 is 0 Å². The molecule has 1 fully saturated rings. The third-order valence-corrected chi connectivity index (χ3v) is 6.34. The Balaban J connectivity index is 2.24. The average Bonchev–Trinajstić information content (AvgIpc) is 2.53. The summed E-state index contributed by atoms with van der Waals surface area (Å²) >= 11 is 11.9. The van der Waals surface area contributed by atoms with Crippen LogP contribution in [-0.2, 0) is 26.7 Å². The molecule has 26 heavy (non-hydrogen) atoms. The predicted molar refractivity (Wildman–Crippen MR) is 90.7 cm³/mol. The fourth-order valence-corrected chi connectivity index (χ4v) is 4.95. The zero-order valence-corrected chi connectivity index (χ0v) is 15.7. The number of carbonyl (C=O) groups is 1. The average molecular weight is 434 g/mol. The highest BCUT2D eigenvalue weighted by atomic mass is 35.5. The Morgan fingerprint density at radius 3 is 2.46 bits per heavy atom. The van der Waals surface area contributed by atoms with E-state index in [9.17, 15) is 22.2 Å². The zero-order chi connectivity index (χ0) is 19.5. The van der Waals surface area contributed by atoms with Gasteiger partial charge in [0.05, 0.1) is 27.1 Å². The summed E-state index contributed by atoms with van der Waals surface area (Å²) in [5, 5.41) is 7.97. The first-order valence-electron chi connectivity index (χ1n) is 7.65. The van der Waals surface area contributed by atoms with Crippen LogP contribution in [0.3, 0.4) is 0 Å². The number of rotatable bonds is 6. The molecule has 1 aromatic rings. The van der Waals surface area contributed by atoms with Gasteiger partial charge in [0.2, 0.25) is 0 Å². The van der Waals surface area contributed by atoms with E-state index in [2.05, 4.69) is 0 Å². The highest BCUT2D eigenvalue weighted by molar-refractivity contribution is 7.83. The predicted octanol–water partition coefficient (Wildman–Crippen LogP) is 3.99. The minimum Gasteiger partial charge on any atom is -0.480 e. The lowest BCUT2D eigenvalue weighted by Crippen LogP contribution is -2.43. The number of aliphatic carboxylic acids is 1. The lowest BCUT2D eigenvalue weighted by molar-refractivity contribution is -0.142. The van der Waals surface area contributed by atoms with Gasteiger partial charge in [-0.2, -0.15) is 13.2 Å². The lowest BCUT2D eigenvalue weighted by Gasteiger charge is -2.34. The van der Waals surface area contributed by atoms with Crippen LogP contribution in [0.15, 0.2) is 17.0 Å². The van der Waals surface area contributed by atoms with Crippen LogP contribution in [0, 0.1) is 0 Å². The molecule has 146 valence electrons. The monoisotopic (exact) mass is 433 g/mol. The van der Waals surface area contributed by atoms with Crippen molar-refractivity contribution in [1.29, 1.82) is 0 Å². The van der Waals surface area contributed by atoms with Crippen molar-refractivity contribution >= 4 is 40.2 Å². The first-order valence-corrected chi connectivity index (χ1v) is 9.52. The first kappa shape index (κ1) is 21.4. The van der Waals surface area contributed by atoms with E-state index in [-0.39, 0.29) is 27.6 Å². The van der Waals surface area contributed by atoms with E-state index in [1.54, 1.807) is 0 Å². The van der Waals surface area contributed by atoms with Crippen LogP contribution in [0.1, 0.15) is 24.8 Å². The second kappa shape index (κ2) is 8.88. The molecule has 2 unspecified atom stereocenters. The van der Waals surface area contributed by atoms with Gasteiger partial charge in [0.1, 0.15) is 17.6 Å². The maximum Gasteiger partial charge on any atom is 0.416 e. The molecule has 0 amide bonds. The third-order valence-electron chi connectivity index (χ3n) is 3.82. The van der Waals surface area contributed by atoms with E-state index in [0.29, 0.717) is 25.1 Å². The molecule has 1 saturated heterocycles. The Bertz CT molecular complexity index is 679. The summed E-state index contributed by atoms with van der Waals surface area (Å²) in [6.45, 7) is -0.0476. The summed E-state index contributed by atoms with van der Waals surface area (Å²) in [4.78, 5) is 10.5. The van der Waals surface area contributed by atoms with Gasteiger partial charge in [-0.25, -0.2) is 13.3 Å². The highest BCUT2D eigenvalue weighted by Crippen LogP contribution is 2.38. The number of benzene rings is 1. The van der Waals surface area contributed by atoms with Crippen LogP contribution in [0.25, 0.3) is 0 Å². The molecule has 0 bridgehead atoms. The maximum atomic E-state index is 12.9. The number of nitrogens with zero attached hydrogens (tertiary/aromatic N) is 1. The summed E-state index contributed by atoms with van der Waals surface area (Å²) in [6.07, 6.45) is -2.44. The van der Waals surface area contributed by atoms with Crippen molar-refractivity contribution in [2.75, 3.05) is 19.8 Å². The number of carboxylic acids is 1. The van der Waals surface area contributed by atoms with Gasteiger partial charge in [0.15, 0.2) is 0 Å². The molecule has 2 atom stereocenters. The largest absolute Gasteiger partial charge is 0.480 e. The number of alkyl halides is 3. The second-order valence-corrected chi connectivity index (χ2v) is 7.91. The number of hydrogen-bond donors (Lipinski definition) is 1. The SMILES string of the molecule is O=C(O)COCC1CCCCN1S(=O)c1c(Cl)cc(C(F)(F)F)cc1Cl. The van der Waals surface area contributed by atoms with E-state index < -0.39 is 35.3 Å². The Kier molecular flexibility index (Phi) is 7.32. The molecule has 0 saturated carbocycles. The minimum absolute atomic E-state index is 0.0356. The molecule has 5 nitrogen and oxygen atoms in total. The molecule has 1 aliphatic heterocycles. The molecule has 1 N–H and O–H groups in total. The van der Waals surface area contributed by atoms with Gasteiger partial charge in [0, 0.05) is 12.6 Å². The number of carboxylic acid groups (broad SMARTS) is 1. The topological polar surface area (TPSA) is 66.8 Å². The standard InChI is InChI=1S/C15H16Cl2F3NO4S/c16-11-5-9(15(18,19)20)6-12(17)14(11)26(24)21-4-2-1-3-10(21)7-25-8-13(22)23/h5-6,10H,1-4,7-8H2,(H,22,23). The second-order valence-electron chi connectivity index (χ2n) is 5.72. The van der Waals surface area contributed by atoms with Crippen LogP contribution in [0.5, 0.6) is 0 Å². The van der Waals surface area contributed by atoms with Gasteiger partial charge in [-0.05, 0) is 25.0 Å². The normalized spacial score (nSPS) is 20.1. The Morgan fingerprint density at radius 2 is 1.92 bits per heavy atom.